The quantitative estimate of drug-likeness (QED) is 0.699. The molecule has 2 rings (SSSR count). The van der Waals surface area contributed by atoms with Crippen molar-refractivity contribution in [3.05, 3.63) is 59.9 Å². The van der Waals surface area contributed by atoms with E-state index in [1.165, 1.54) is 12.1 Å². The van der Waals surface area contributed by atoms with Gasteiger partial charge < -0.3 is 11.1 Å². The number of amides is 1. The van der Waals surface area contributed by atoms with Gasteiger partial charge in [0.05, 0.1) is 12.3 Å². The van der Waals surface area contributed by atoms with Crippen LogP contribution in [0.5, 0.6) is 0 Å². The normalized spacial score (nSPS) is 12.0. The molecule has 0 aromatic heterocycles. The van der Waals surface area contributed by atoms with Gasteiger partial charge in [0.15, 0.2) is 0 Å². The van der Waals surface area contributed by atoms with E-state index in [4.69, 9.17) is 10.3 Å². The van der Waals surface area contributed by atoms with Crippen molar-refractivity contribution >= 4 is 16.0 Å². The van der Waals surface area contributed by atoms with Crippen molar-refractivity contribution in [2.24, 2.45) is 5.73 Å². The molecule has 0 aliphatic carbocycles. The van der Waals surface area contributed by atoms with Crippen LogP contribution in [0.15, 0.2) is 48.5 Å². The van der Waals surface area contributed by atoms with Gasteiger partial charge in [-0.25, -0.2) is 4.39 Å². The summed E-state index contributed by atoms with van der Waals surface area (Å²) < 4.78 is 39.0. The number of hydrogen-bond donors (Lipinski definition) is 3. The molecule has 6 nitrogen and oxygen atoms in total. The maximum Gasteiger partial charge on any atom is 0.261 e. The first kappa shape index (κ1) is 20.8. The molecule has 25 heavy (non-hydrogen) atoms. The lowest BCUT2D eigenvalue weighted by Gasteiger charge is -2.10. The highest BCUT2D eigenvalue weighted by Crippen LogP contribution is 2.20. The third-order valence-electron chi connectivity index (χ3n) is 3.15. The highest BCUT2D eigenvalue weighted by Gasteiger charge is 2.07. The molecule has 4 N–H and O–H groups in total. The smallest absolute Gasteiger partial charge is 0.261 e. The van der Waals surface area contributed by atoms with Gasteiger partial charge in [-0.3, -0.25) is 9.35 Å². The van der Waals surface area contributed by atoms with Gasteiger partial charge in [0.1, 0.15) is 5.82 Å². The number of hydrogen-bond acceptors (Lipinski definition) is 4. The van der Waals surface area contributed by atoms with Gasteiger partial charge in [-0.05, 0) is 35.7 Å². The average Bonchev–Trinajstić information content (AvgIpc) is 2.51. The van der Waals surface area contributed by atoms with E-state index in [1.54, 1.807) is 13.0 Å². The van der Waals surface area contributed by atoms with Crippen molar-refractivity contribution < 1.29 is 22.2 Å². The topological polar surface area (TPSA) is 109 Å². The third-order valence-corrected chi connectivity index (χ3v) is 3.15. The number of carbonyl (C=O) groups is 1. The summed E-state index contributed by atoms with van der Waals surface area (Å²) in [6, 6.07) is 13.9. The molecule has 0 aliphatic rings. The predicted octanol–water partition coefficient (Wildman–Crippen LogP) is 1.96. The minimum Gasteiger partial charge on any atom is -0.368 e. The Labute approximate surface area is 146 Å². The maximum absolute atomic E-state index is 13.2. The second-order valence-electron chi connectivity index (χ2n) is 5.45. The lowest BCUT2D eigenvalue weighted by atomic mass is 10.0. The van der Waals surface area contributed by atoms with E-state index >= 15 is 0 Å². The Morgan fingerprint density at radius 1 is 1.20 bits per heavy atom. The van der Waals surface area contributed by atoms with Crippen molar-refractivity contribution in [2.45, 2.75) is 19.5 Å². The fraction of sp³-hybridized carbons (Fsp3) is 0.235. The van der Waals surface area contributed by atoms with Crippen LogP contribution < -0.4 is 11.1 Å². The van der Waals surface area contributed by atoms with Gasteiger partial charge >= 0.3 is 0 Å². The molecule has 8 heteroatoms. The molecule has 0 radical (unpaired) electrons. The van der Waals surface area contributed by atoms with E-state index < -0.39 is 10.1 Å². The summed E-state index contributed by atoms with van der Waals surface area (Å²) in [4.78, 5) is 10.9. The van der Waals surface area contributed by atoms with Crippen LogP contribution in [-0.2, 0) is 21.5 Å². The van der Waals surface area contributed by atoms with Crippen LogP contribution in [0, 0.1) is 5.82 Å². The molecule has 0 spiro atoms. The lowest BCUT2D eigenvalue weighted by Crippen LogP contribution is -2.38. The van der Waals surface area contributed by atoms with E-state index in [0.29, 0.717) is 12.8 Å². The molecule has 1 amide bonds. The lowest BCUT2D eigenvalue weighted by molar-refractivity contribution is -0.119. The zero-order valence-corrected chi connectivity index (χ0v) is 14.8. The van der Waals surface area contributed by atoms with Crippen LogP contribution in [0.4, 0.5) is 4.39 Å². The van der Waals surface area contributed by atoms with Gasteiger partial charge in [0.25, 0.3) is 10.1 Å². The fourth-order valence-electron chi connectivity index (χ4n) is 1.85. The van der Waals surface area contributed by atoms with Crippen LogP contribution in [0.1, 0.15) is 12.5 Å². The second-order valence-corrected chi connectivity index (χ2v) is 6.91. The van der Waals surface area contributed by atoms with Crippen molar-refractivity contribution in [1.29, 1.82) is 0 Å². The van der Waals surface area contributed by atoms with E-state index in [2.05, 4.69) is 5.32 Å². The average molecular weight is 368 g/mol. The van der Waals surface area contributed by atoms with Gasteiger partial charge in [0, 0.05) is 6.54 Å². The van der Waals surface area contributed by atoms with E-state index in [0.717, 1.165) is 16.7 Å². The summed E-state index contributed by atoms with van der Waals surface area (Å²) in [5.74, 6) is -0.620. The Morgan fingerprint density at radius 2 is 1.76 bits per heavy atom. The molecular formula is C17H21FN2O4S. The number of primary amides is 1. The van der Waals surface area contributed by atoms with Crippen molar-refractivity contribution in [3.8, 4) is 11.1 Å². The summed E-state index contributed by atoms with van der Waals surface area (Å²) in [7, 11) is -3.67. The molecule has 1 atom stereocenters. The Morgan fingerprint density at radius 3 is 2.24 bits per heavy atom. The zero-order valence-electron chi connectivity index (χ0n) is 13.9. The standard InChI is InChI=1S/C16H17FN2O.CH4O3S/c1-11(16(18)20)19-10-12-5-7-13(8-6-12)14-3-2-4-15(17)9-14;1-5(2,3)4/h2-9,11,19H,10H2,1H3,(H2,18,20);1H3,(H,2,3,4)/t11-;/m0./s1. The number of rotatable bonds is 5. The highest BCUT2D eigenvalue weighted by molar-refractivity contribution is 7.85. The summed E-state index contributed by atoms with van der Waals surface area (Å²) in [6.07, 6.45) is 0.715. The van der Waals surface area contributed by atoms with Crippen LogP contribution in [-0.4, -0.2) is 31.2 Å². The number of halogens is 1. The predicted molar refractivity (Wildman–Crippen MR) is 94.8 cm³/mol. The van der Waals surface area contributed by atoms with Crippen LogP contribution in [0.25, 0.3) is 11.1 Å². The molecule has 2 aromatic carbocycles. The zero-order chi connectivity index (χ0) is 19.0. The summed E-state index contributed by atoms with van der Waals surface area (Å²) in [5.41, 5.74) is 8.01. The molecule has 2 aromatic rings. The Kier molecular flexibility index (Phi) is 7.69. The third kappa shape index (κ3) is 8.94. The molecule has 0 saturated heterocycles. The molecule has 0 unspecified atom stereocenters. The number of nitrogens with two attached hydrogens (primary N) is 1. The molecule has 0 fully saturated rings. The first-order valence-electron chi connectivity index (χ1n) is 7.36. The van der Waals surface area contributed by atoms with Gasteiger partial charge in [0.2, 0.25) is 5.91 Å². The summed E-state index contributed by atoms with van der Waals surface area (Å²) in [6.45, 7) is 2.29. The van der Waals surface area contributed by atoms with E-state index in [9.17, 15) is 17.6 Å². The van der Waals surface area contributed by atoms with E-state index in [-0.39, 0.29) is 17.8 Å². The van der Waals surface area contributed by atoms with Gasteiger partial charge in [-0.2, -0.15) is 8.42 Å². The minimum atomic E-state index is -3.67. The minimum absolute atomic E-state index is 0.247. The number of nitrogens with one attached hydrogen (secondary N) is 1. The molecule has 136 valence electrons. The number of carbonyl (C=O) groups excluding carboxylic acids is 1. The largest absolute Gasteiger partial charge is 0.368 e. The first-order chi connectivity index (χ1) is 11.6. The SMILES string of the molecule is CS(=O)(=O)O.C[C@H](NCc1ccc(-c2cccc(F)c2)cc1)C(N)=O. The monoisotopic (exact) mass is 368 g/mol. The molecule has 0 heterocycles. The number of benzene rings is 2. The summed E-state index contributed by atoms with van der Waals surface area (Å²) >= 11 is 0. The highest BCUT2D eigenvalue weighted by atomic mass is 32.2. The van der Waals surface area contributed by atoms with Gasteiger partial charge in [-0.15, -0.1) is 0 Å². The maximum atomic E-state index is 13.2. The second kappa shape index (κ2) is 9.26. The Balaban J connectivity index is 0.000000550. The van der Waals surface area contributed by atoms with Crippen molar-refractivity contribution in [2.75, 3.05) is 6.26 Å². The fourth-order valence-corrected chi connectivity index (χ4v) is 1.85. The summed E-state index contributed by atoms with van der Waals surface area (Å²) in [5, 5.41) is 3.03. The molecule has 0 saturated carbocycles. The van der Waals surface area contributed by atoms with Crippen molar-refractivity contribution in [1.82, 2.24) is 5.32 Å². The van der Waals surface area contributed by atoms with Crippen LogP contribution >= 0.6 is 0 Å². The van der Waals surface area contributed by atoms with Crippen molar-refractivity contribution in [3.63, 3.8) is 0 Å². The molecule has 0 bridgehead atoms. The van der Waals surface area contributed by atoms with Crippen LogP contribution in [0.2, 0.25) is 0 Å². The Bertz CT molecular complexity index is 800. The van der Waals surface area contributed by atoms with Gasteiger partial charge in [-0.1, -0.05) is 36.4 Å². The molecular weight excluding hydrogens is 347 g/mol. The molecule has 0 aliphatic heterocycles. The van der Waals surface area contributed by atoms with E-state index in [1.807, 2.05) is 30.3 Å². The first-order valence-corrected chi connectivity index (χ1v) is 9.21. The Hall–Kier alpha value is -2.29. The van der Waals surface area contributed by atoms with Crippen LogP contribution in [0.3, 0.4) is 0 Å².